The van der Waals surface area contributed by atoms with Gasteiger partial charge in [0, 0.05) is 16.8 Å². The highest BCUT2D eigenvalue weighted by Crippen LogP contribution is 2.30. The zero-order valence-corrected chi connectivity index (χ0v) is 17.0. The Morgan fingerprint density at radius 2 is 1.86 bits per heavy atom. The topological polar surface area (TPSA) is 64.0 Å². The van der Waals surface area contributed by atoms with Crippen LogP contribution in [0.25, 0.3) is 11.3 Å². The summed E-state index contributed by atoms with van der Waals surface area (Å²) >= 11 is 0. The van der Waals surface area contributed by atoms with Crippen LogP contribution >= 0.6 is 0 Å². The summed E-state index contributed by atoms with van der Waals surface area (Å²) in [6, 6.07) is 11.2. The van der Waals surface area contributed by atoms with Gasteiger partial charge in [-0.2, -0.15) is 5.10 Å². The van der Waals surface area contributed by atoms with Crippen molar-refractivity contribution in [1.29, 1.82) is 0 Å². The third-order valence-electron chi connectivity index (χ3n) is 4.68. The number of benzene rings is 2. The van der Waals surface area contributed by atoms with Gasteiger partial charge in [-0.15, -0.1) is 0 Å². The minimum Gasteiger partial charge on any atom is -0.322 e. The molecule has 0 fully saturated rings. The SMILES string of the molecule is CCc1ccc(NC(=O)c2cnn(C(C)(C)C)c2-c2ccc(F)cc2)cc1C=O. The monoisotopic (exact) mass is 393 g/mol. The normalized spacial score (nSPS) is 11.3. The second-order valence-corrected chi connectivity index (χ2v) is 7.84. The second kappa shape index (κ2) is 7.99. The molecule has 1 amide bonds. The summed E-state index contributed by atoms with van der Waals surface area (Å²) in [6.07, 6.45) is 3.03. The van der Waals surface area contributed by atoms with Crippen LogP contribution in [0.2, 0.25) is 0 Å². The number of rotatable bonds is 5. The van der Waals surface area contributed by atoms with Gasteiger partial charge in [-0.25, -0.2) is 4.39 Å². The van der Waals surface area contributed by atoms with Gasteiger partial charge >= 0.3 is 0 Å². The molecule has 3 rings (SSSR count). The average molecular weight is 393 g/mol. The molecule has 3 aromatic rings. The van der Waals surface area contributed by atoms with Crippen LogP contribution in [0.4, 0.5) is 10.1 Å². The summed E-state index contributed by atoms with van der Waals surface area (Å²) in [7, 11) is 0. The third-order valence-corrected chi connectivity index (χ3v) is 4.68. The zero-order valence-electron chi connectivity index (χ0n) is 17.0. The van der Waals surface area contributed by atoms with Gasteiger partial charge in [0.05, 0.1) is 23.0 Å². The summed E-state index contributed by atoms with van der Waals surface area (Å²) < 4.78 is 15.2. The molecule has 5 nitrogen and oxygen atoms in total. The molecule has 29 heavy (non-hydrogen) atoms. The maximum Gasteiger partial charge on any atom is 0.259 e. The van der Waals surface area contributed by atoms with Gasteiger partial charge in [0.15, 0.2) is 0 Å². The molecule has 0 spiro atoms. The molecule has 0 bridgehead atoms. The Morgan fingerprint density at radius 3 is 2.45 bits per heavy atom. The van der Waals surface area contributed by atoms with Gasteiger partial charge < -0.3 is 5.32 Å². The molecular formula is C23H24FN3O2. The van der Waals surface area contributed by atoms with Crippen molar-refractivity contribution in [3.05, 3.63) is 71.2 Å². The van der Waals surface area contributed by atoms with Crippen LogP contribution in [0.5, 0.6) is 0 Å². The van der Waals surface area contributed by atoms with Crippen molar-refractivity contribution in [3.8, 4) is 11.3 Å². The van der Waals surface area contributed by atoms with E-state index < -0.39 is 0 Å². The number of carbonyl (C=O) groups is 2. The number of halogens is 1. The van der Waals surface area contributed by atoms with Gasteiger partial charge in [0.25, 0.3) is 5.91 Å². The Bertz CT molecular complexity index is 1050. The van der Waals surface area contributed by atoms with Crippen molar-refractivity contribution in [2.75, 3.05) is 5.32 Å². The fourth-order valence-electron chi connectivity index (χ4n) is 3.21. The van der Waals surface area contributed by atoms with Crippen molar-refractivity contribution in [3.63, 3.8) is 0 Å². The van der Waals surface area contributed by atoms with Crippen LogP contribution in [-0.4, -0.2) is 22.0 Å². The molecule has 1 N–H and O–H groups in total. The lowest BCUT2D eigenvalue weighted by molar-refractivity contribution is 0.102. The number of anilines is 1. The first-order chi connectivity index (χ1) is 13.7. The summed E-state index contributed by atoms with van der Waals surface area (Å²) in [6.45, 7) is 7.91. The molecule has 2 aromatic carbocycles. The predicted octanol–water partition coefficient (Wildman–Crippen LogP) is 5.07. The quantitative estimate of drug-likeness (QED) is 0.616. The van der Waals surface area contributed by atoms with E-state index in [1.807, 2.05) is 33.8 Å². The molecule has 0 aliphatic rings. The zero-order chi connectivity index (χ0) is 21.2. The lowest BCUT2D eigenvalue weighted by atomic mass is 10.0. The summed E-state index contributed by atoms with van der Waals surface area (Å²) in [5.41, 5.74) is 3.30. The first-order valence-electron chi connectivity index (χ1n) is 9.48. The summed E-state index contributed by atoms with van der Waals surface area (Å²) in [5.74, 6) is -0.695. The van der Waals surface area contributed by atoms with E-state index in [0.29, 0.717) is 28.1 Å². The van der Waals surface area contributed by atoms with Crippen LogP contribution < -0.4 is 5.32 Å². The molecule has 0 saturated heterocycles. The maximum absolute atomic E-state index is 13.4. The number of hydrogen-bond acceptors (Lipinski definition) is 3. The van der Waals surface area contributed by atoms with Crippen molar-refractivity contribution in [2.45, 2.75) is 39.7 Å². The van der Waals surface area contributed by atoms with E-state index in [4.69, 9.17) is 0 Å². The van der Waals surface area contributed by atoms with Crippen LogP contribution in [0.15, 0.2) is 48.7 Å². The maximum atomic E-state index is 13.4. The lowest BCUT2D eigenvalue weighted by Gasteiger charge is -2.23. The number of nitrogens with zero attached hydrogens (tertiary/aromatic N) is 2. The molecule has 0 radical (unpaired) electrons. The molecule has 150 valence electrons. The van der Waals surface area contributed by atoms with Gasteiger partial charge in [0.2, 0.25) is 0 Å². The molecule has 0 atom stereocenters. The fraction of sp³-hybridized carbons (Fsp3) is 0.261. The molecule has 0 saturated carbocycles. The standard InChI is InChI=1S/C23H24FN3O2/c1-5-15-8-11-19(12-17(15)14-28)26-22(29)20-13-25-27(23(2,3)4)21(20)16-6-9-18(24)10-7-16/h6-14H,5H2,1-4H3,(H,26,29). The summed E-state index contributed by atoms with van der Waals surface area (Å²) in [5, 5.41) is 7.26. The average Bonchev–Trinajstić information content (AvgIpc) is 3.14. The van der Waals surface area contributed by atoms with Gasteiger partial charge in [-0.3, -0.25) is 14.3 Å². The fourth-order valence-corrected chi connectivity index (χ4v) is 3.21. The Hall–Kier alpha value is -3.28. The van der Waals surface area contributed by atoms with E-state index >= 15 is 0 Å². The molecule has 0 aliphatic heterocycles. The van der Waals surface area contributed by atoms with E-state index in [-0.39, 0.29) is 17.3 Å². The van der Waals surface area contributed by atoms with Gasteiger partial charge in [-0.05, 0) is 69.2 Å². The Morgan fingerprint density at radius 1 is 1.17 bits per heavy atom. The first-order valence-corrected chi connectivity index (χ1v) is 9.48. The predicted molar refractivity (Wildman–Crippen MR) is 112 cm³/mol. The largest absolute Gasteiger partial charge is 0.322 e. The first kappa shape index (κ1) is 20.5. The Balaban J connectivity index is 2.02. The number of aromatic nitrogens is 2. The van der Waals surface area contributed by atoms with Crippen molar-refractivity contribution >= 4 is 17.9 Å². The number of carbonyl (C=O) groups excluding carboxylic acids is 2. The molecule has 1 heterocycles. The smallest absolute Gasteiger partial charge is 0.259 e. The van der Waals surface area contributed by atoms with Gasteiger partial charge in [-0.1, -0.05) is 13.0 Å². The van der Waals surface area contributed by atoms with Gasteiger partial charge in [0.1, 0.15) is 12.1 Å². The van der Waals surface area contributed by atoms with Crippen LogP contribution in [0, 0.1) is 5.82 Å². The molecule has 1 aromatic heterocycles. The number of aldehydes is 1. The Kier molecular flexibility index (Phi) is 5.64. The highest BCUT2D eigenvalue weighted by atomic mass is 19.1. The Labute approximate surface area is 169 Å². The minimum atomic E-state index is -0.379. The van der Waals surface area contributed by atoms with E-state index in [0.717, 1.165) is 18.3 Å². The second-order valence-electron chi connectivity index (χ2n) is 7.84. The van der Waals surface area contributed by atoms with Crippen LogP contribution in [0.1, 0.15) is 54.0 Å². The highest BCUT2D eigenvalue weighted by Gasteiger charge is 2.25. The number of hydrogen-bond donors (Lipinski definition) is 1. The third kappa shape index (κ3) is 4.26. The van der Waals surface area contributed by atoms with Crippen molar-refractivity contribution in [2.24, 2.45) is 0 Å². The van der Waals surface area contributed by atoms with Crippen LogP contribution in [-0.2, 0) is 12.0 Å². The minimum absolute atomic E-state index is 0.346. The van der Waals surface area contributed by atoms with E-state index in [1.165, 1.54) is 18.3 Å². The summed E-state index contributed by atoms with van der Waals surface area (Å²) in [4.78, 5) is 24.4. The van der Waals surface area contributed by atoms with Crippen molar-refractivity contribution < 1.29 is 14.0 Å². The lowest BCUT2D eigenvalue weighted by Crippen LogP contribution is -2.24. The number of amides is 1. The molecule has 6 heteroatoms. The number of aryl methyl sites for hydroxylation is 1. The van der Waals surface area contributed by atoms with E-state index in [2.05, 4.69) is 10.4 Å². The van der Waals surface area contributed by atoms with E-state index in [1.54, 1.807) is 28.9 Å². The van der Waals surface area contributed by atoms with Crippen LogP contribution in [0.3, 0.4) is 0 Å². The number of nitrogens with one attached hydrogen (secondary N) is 1. The highest BCUT2D eigenvalue weighted by molar-refractivity contribution is 6.08. The molecule has 0 aliphatic carbocycles. The molecule has 0 unspecified atom stereocenters. The van der Waals surface area contributed by atoms with Crippen molar-refractivity contribution in [1.82, 2.24) is 9.78 Å². The van der Waals surface area contributed by atoms with E-state index in [9.17, 15) is 14.0 Å². The molecular weight excluding hydrogens is 369 g/mol.